The van der Waals surface area contributed by atoms with Gasteiger partial charge in [-0.05, 0) is 43.7 Å². The zero-order chi connectivity index (χ0) is 17.7. The van der Waals surface area contributed by atoms with Crippen LogP contribution in [0, 0.1) is 0 Å². The molecule has 2 aromatic rings. The summed E-state index contributed by atoms with van der Waals surface area (Å²) in [5, 5.41) is 10.9. The molecule has 1 aliphatic heterocycles. The molecule has 1 aliphatic rings. The number of hydrogen-bond acceptors (Lipinski definition) is 2. The van der Waals surface area contributed by atoms with Gasteiger partial charge in [0.2, 0.25) is 0 Å². The summed E-state index contributed by atoms with van der Waals surface area (Å²) in [5.74, 6) is 0. The molecule has 2 aromatic carbocycles. The third-order valence-corrected chi connectivity index (χ3v) is 5.79. The number of benzene rings is 2. The molecule has 1 saturated heterocycles. The van der Waals surface area contributed by atoms with Crippen LogP contribution >= 0.6 is 15.9 Å². The van der Waals surface area contributed by atoms with E-state index in [-0.39, 0.29) is 12.2 Å². The van der Waals surface area contributed by atoms with E-state index < -0.39 is 5.60 Å². The van der Waals surface area contributed by atoms with E-state index in [1.807, 2.05) is 37.3 Å². The number of hydrogen-bond donors (Lipinski definition) is 1. The average Bonchev–Trinajstić information content (AvgIpc) is 2.61. The van der Waals surface area contributed by atoms with Gasteiger partial charge in [-0.1, -0.05) is 76.6 Å². The zero-order valence-corrected chi connectivity index (χ0v) is 16.4. The number of alkyl halides is 1. The van der Waals surface area contributed by atoms with Crippen molar-refractivity contribution in [1.82, 2.24) is 0 Å². The highest BCUT2D eigenvalue weighted by Crippen LogP contribution is 2.34. The highest BCUT2D eigenvalue weighted by atomic mass is 79.9. The Kier molecular flexibility index (Phi) is 6.32. The molecule has 0 bridgehead atoms. The predicted octanol–water partition coefficient (Wildman–Crippen LogP) is 5.23. The first-order chi connectivity index (χ1) is 12.0. The van der Waals surface area contributed by atoms with Crippen molar-refractivity contribution >= 4 is 15.9 Å². The molecule has 1 unspecified atom stereocenters. The fraction of sp³-hybridized carbons (Fsp3) is 0.455. The Bertz CT molecular complexity index is 642. The lowest BCUT2D eigenvalue weighted by Gasteiger charge is -2.37. The third kappa shape index (κ3) is 5.40. The molecule has 1 heterocycles. The van der Waals surface area contributed by atoms with Gasteiger partial charge in [0.25, 0.3) is 0 Å². The fourth-order valence-electron chi connectivity index (χ4n) is 3.70. The maximum Gasteiger partial charge on any atom is 0.0893 e. The Morgan fingerprint density at radius 1 is 1.00 bits per heavy atom. The van der Waals surface area contributed by atoms with E-state index >= 15 is 0 Å². The number of ether oxygens (including phenoxy) is 1. The van der Waals surface area contributed by atoms with Crippen LogP contribution in [0.3, 0.4) is 0 Å². The summed E-state index contributed by atoms with van der Waals surface area (Å²) in [6.07, 6.45) is 5.00. The molecule has 3 heteroatoms. The summed E-state index contributed by atoms with van der Waals surface area (Å²) in [6.45, 7) is 1.89. The van der Waals surface area contributed by atoms with Gasteiger partial charge in [-0.15, -0.1) is 0 Å². The Morgan fingerprint density at radius 2 is 1.60 bits per heavy atom. The lowest BCUT2D eigenvalue weighted by atomic mass is 9.87. The smallest absolute Gasteiger partial charge is 0.0893 e. The van der Waals surface area contributed by atoms with Crippen LogP contribution in [0.5, 0.6) is 0 Å². The Balaban J connectivity index is 1.58. The first-order valence-electron chi connectivity index (χ1n) is 9.14. The normalized spacial score (nSPS) is 26.1. The Hall–Kier alpha value is -1.16. The molecule has 134 valence electrons. The molecule has 0 spiro atoms. The summed E-state index contributed by atoms with van der Waals surface area (Å²) in [4.78, 5) is 0.457. The van der Waals surface area contributed by atoms with E-state index in [0.29, 0.717) is 11.2 Å². The lowest BCUT2D eigenvalue weighted by molar-refractivity contribution is -0.0898. The first-order valence-corrected chi connectivity index (χ1v) is 10.1. The summed E-state index contributed by atoms with van der Waals surface area (Å²) in [7, 11) is 0. The van der Waals surface area contributed by atoms with Crippen molar-refractivity contribution < 1.29 is 9.84 Å². The number of rotatable bonds is 6. The van der Waals surface area contributed by atoms with Gasteiger partial charge in [0, 0.05) is 11.2 Å². The van der Waals surface area contributed by atoms with Gasteiger partial charge in [-0.25, -0.2) is 0 Å². The third-order valence-electron chi connectivity index (χ3n) is 5.04. The maximum atomic E-state index is 10.9. The minimum atomic E-state index is -0.861. The summed E-state index contributed by atoms with van der Waals surface area (Å²) in [6, 6.07) is 20.5. The molecular formula is C22H27BrO2. The first kappa shape index (κ1) is 18.6. The predicted molar refractivity (Wildman–Crippen MR) is 106 cm³/mol. The van der Waals surface area contributed by atoms with E-state index in [1.54, 1.807) is 0 Å². The highest BCUT2D eigenvalue weighted by molar-refractivity contribution is 9.09. The van der Waals surface area contributed by atoms with Gasteiger partial charge in [-0.2, -0.15) is 0 Å². The van der Waals surface area contributed by atoms with Gasteiger partial charge in [0.1, 0.15) is 0 Å². The minimum Gasteiger partial charge on any atom is -0.385 e. The van der Waals surface area contributed by atoms with Crippen LogP contribution < -0.4 is 0 Å². The maximum absolute atomic E-state index is 10.9. The van der Waals surface area contributed by atoms with Crippen molar-refractivity contribution in [2.45, 2.75) is 61.7 Å². The second-order valence-corrected chi connectivity index (χ2v) is 8.61. The van der Waals surface area contributed by atoms with Gasteiger partial charge in [-0.3, -0.25) is 0 Å². The van der Waals surface area contributed by atoms with Crippen LogP contribution in [0.1, 0.15) is 43.7 Å². The van der Waals surface area contributed by atoms with Crippen molar-refractivity contribution in [2.24, 2.45) is 0 Å². The van der Waals surface area contributed by atoms with Crippen LogP contribution in [0.4, 0.5) is 0 Å². The molecule has 4 atom stereocenters. The average molecular weight is 403 g/mol. The van der Waals surface area contributed by atoms with Crippen LogP contribution in [0.25, 0.3) is 0 Å². The highest BCUT2D eigenvalue weighted by Gasteiger charge is 2.34. The molecule has 0 aromatic heterocycles. The second-order valence-electron chi connectivity index (χ2n) is 7.32. The topological polar surface area (TPSA) is 29.5 Å². The van der Waals surface area contributed by atoms with Gasteiger partial charge < -0.3 is 9.84 Å². The standard InChI is InChI=1S/C22H27BrO2/c1-22(24,18-10-6-3-7-11-18)16-21-15-19(23)14-20(25-21)13-12-17-8-4-2-5-9-17/h2-11,19-21,24H,12-16H2,1H3/t19-,20+,21+,22?/m1/s1. The number of aliphatic hydroxyl groups is 1. The molecule has 0 aliphatic carbocycles. The minimum absolute atomic E-state index is 0.0779. The molecule has 2 nitrogen and oxygen atoms in total. The summed E-state index contributed by atoms with van der Waals surface area (Å²) >= 11 is 3.80. The fourth-order valence-corrected chi connectivity index (χ4v) is 4.53. The van der Waals surface area contributed by atoms with Crippen LogP contribution in [-0.4, -0.2) is 22.1 Å². The van der Waals surface area contributed by atoms with Crippen molar-refractivity contribution in [1.29, 1.82) is 0 Å². The zero-order valence-electron chi connectivity index (χ0n) is 14.8. The molecule has 25 heavy (non-hydrogen) atoms. The van der Waals surface area contributed by atoms with Crippen LogP contribution in [0.15, 0.2) is 60.7 Å². The monoisotopic (exact) mass is 402 g/mol. The second kappa shape index (κ2) is 8.48. The molecule has 1 fully saturated rings. The molecule has 3 rings (SSSR count). The number of halogens is 1. The quantitative estimate of drug-likeness (QED) is 0.670. The molecule has 0 saturated carbocycles. The van der Waals surface area contributed by atoms with Crippen molar-refractivity contribution in [3.63, 3.8) is 0 Å². The molecule has 0 amide bonds. The largest absolute Gasteiger partial charge is 0.385 e. The van der Waals surface area contributed by atoms with E-state index in [9.17, 15) is 5.11 Å². The lowest BCUT2D eigenvalue weighted by Crippen LogP contribution is -2.38. The SMILES string of the molecule is CC(O)(C[C@@H]1C[C@H](Br)C[C@H](CCc2ccccc2)O1)c1ccccc1. The van der Waals surface area contributed by atoms with E-state index in [0.717, 1.165) is 31.2 Å². The van der Waals surface area contributed by atoms with Crippen LogP contribution in [0.2, 0.25) is 0 Å². The molecule has 1 N–H and O–H groups in total. The van der Waals surface area contributed by atoms with Crippen molar-refractivity contribution in [3.05, 3.63) is 71.8 Å². The Labute approximate surface area is 159 Å². The van der Waals surface area contributed by atoms with Gasteiger partial charge in [0.05, 0.1) is 17.8 Å². The van der Waals surface area contributed by atoms with Crippen molar-refractivity contribution in [3.8, 4) is 0 Å². The number of aryl methyl sites for hydroxylation is 1. The van der Waals surface area contributed by atoms with Crippen molar-refractivity contribution in [2.75, 3.05) is 0 Å². The summed E-state index contributed by atoms with van der Waals surface area (Å²) < 4.78 is 6.35. The summed E-state index contributed by atoms with van der Waals surface area (Å²) in [5.41, 5.74) is 1.45. The molecule has 0 radical (unpaired) electrons. The van der Waals surface area contributed by atoms with E-state index in [4.69, 9.17) is 4.74 Å². The molecular weight excluding hydrogens is 376 g/mol. The van der Waals surface area contributed by atoms with Gasteiger partial charge >= 0.3 is 0 Å². The van der Waals surface area contributed by atoms with Crippen LogP contribution in [-0.2, 0) is 16.8 Å². The Morgan fingerprint density at radius 3 is 2.28 bits per heavy atom. The van der Waals surface area contributed by atoms with E-state index in [1.165, 1.54) is 5.56 Å². The van der Waals surface area contributed by atoms with E-state index in [2.05, 4.69) is 46.3 Å². The van der Waals surface area contributed by atoms with Gasteiger partial charge in [0.15, 0.2) is 0 Å².